The molecule has 92 valence electrons. The molecule has 1 aromatic carbocycles. The standard InChI is InChI=1S/C14H18O3/c15-13-7-11(6-12(13)14-9-17-14)16-8-10-4-2-1-3-5-10/h1-5,11-15H,6-9H2/t11?,12?,13?,14-/m1/s1. The minimum absolute atomic E-state index is 0.180. The van der Waals surface area contributed by atoms with Crippen LogP contribution in [0.15, 0.2) is 30.3 Å². The van der Waals surface area contributed by atoms with E-state index in [4.69, 9.17) is 9.47 Å². The summed E-state index contributed by atoms with van der Waals surface area (Å²) < 4.78 is 11.1. The van der Waals surface area contributed by atoms with E-state index in [1.165, 1.54) is 5.56 Å². The maximum Gasteiger partial charge on any atom is 0.0863 e. The highest BCUT2D eigenvalue weighted by Crippen LogP contribution is 2.36. The second-order valence-corrected chi connectivity index (χ2v) is 4.99. The van der Waals surface area contributed by atoms with Gasteiger partial charge in [-0.2, -0.15) is 0 Å². The Morgan fingerprint density at radius 3 is 2.71 bits per heavy atom. The normalized spacial score (nSPS) is 36.1. The first-order valence-corrected chi connectivity index (χ1v) is 6.28. The number of ether oxygens (including phenoxy) is 2. The van der Waals surface area contributed by atoms with Crippen molar-refractivity contribution < 1.29 is 14.6 Å². The van der Waals surface area contributed by atoms with Crippen LogP contribution >= 0.6 is 0 Å². The van der Waals surface area contributed by atoms with Crippen molar-refractivity contribution in [3.05, 3.63) is 35.9 Å². The van der Waals surface area contributed by atoms with E-state index in [0.717, 1.165) is 19.4 Å². The molecule has 1 saturated heterocycles. The number of hydrogen-bond donors (Lipinski definition) is 1. The van der Waals surface area contributed by atoms with Crippen LogP contribution in [0.3, 0.4) is 0 Å². The molecule has 1 aliphatic carbocycles. The fraction of sp³-hybridized carbons (Fsp3) is 0.571. The Labute approximate surface area is 101 Å². The summed E-state index contributed by atoms with van der Waals surface area (Å²) in [5, 5.41) is 9.91. The highest BCUT2D eigenvalue weighted by Gasteiger charge is 2.44. The summed E-state index contributed by atoms with van der Waals surface area (Å²) in [6.45, 7) is 1.45. The van der Waals surface area contributed by atoms with Gasteiger partial charge in [0.15, 0.2) is 0 Å². The van der Waals surface area contributed by atoms with E-state index >= 15 is 0 Å². The van der Waals surface area contributed by atoms with E-state index in [1.54, 1.807) is 0 Å². The first kappa shape index (κ1) is 11.2. The van der Waals surface area contributed by atoms with Crippen LogP contribution in [0.5, 0.6) is 0 Å². The van der Waals surface area contributed by atoms with Crippen molar-refractivity contribution in [3.8, 4) is 0 Å². The summed E-state index contributed by atoms with van der Waals surface area (Å²) >= 11 is 0. The molecular weight excluding hydrogens is 216 g/mol. The van der Waals surface area contributed by atoms with Crippen molar-refractivity contribution in [1.29, 1.82) is 0 Å². The highest BCUT2D eigenvalue weighted by atomic mass is 16.6. The summed E-state index contributed by atoms with van der Waals surface area (Å²) in [5.41, 5.74) is 1.19. The molecule has 3 unspecified atom stereocenters. The topological polar surface area (TPSA) is 42.0 Å². The molecule has 4 atom stereocenters. The predicted molar refractivity (Wildman–Crippen MR) is 63.5 cm³/mol. The van der Waals surface area contributed by atoms with Gasteiger partial charge in [-0.05, 0) is 18.4 Å². The lowest BCUT2D eigenvalue weighted by molar-refractivity contribution is 0.0357. The molecule has 1 aromatic rings. The van der Waals surface area contributed by atoms with Crippen LogP contribution in [0.2, 0.25) is 0 Å². The molecule has 17 heavy (non-hydrogen) atoms. The fourth-order valence-electron chi connectivity index (χ4n) is 2.63. The van der Waals surface area contributed by atoms with E-state index in [1.807, 2.05) is 18.2 Å². The number of epoxide rings is 1. The average molecular weight is 234 g/mol. The molecule has 1 N–H and O–H groups in total. The van der Waals surface area contributed by atoms with Crippen molar-refractivity contribution in [2.75, 3.05) is 6.61 Å². The van der Waals surface area contributed by atoms with Crippen LogP contribution in [-0.2, 0) is 16.1 Å². The lowest BCUT2D eigenvalue weighted by atomic mass is 10.0. The average Bonchev–Trinajstić information content (AvgIpc) is 3.12. The fourth-order valence-corrected chi connectivity index (χ4v) is 2.63. The third kappa shape index (κ3) is 2.68. The van der Waals surface area contributed by atoms with E-state index < -0.39 is 0 Å². The number of hydrogen-bond acceptors (Lipinski definition) is 3. The second-order valence-electron chi connectivity index (χ2n) is 4.99. The monoisotopic (exact) mass is 234 g/mol. The van der Waals surface area contributed by atoms with Crippen molar-refractivity contribution in [2.45, 2.75) is 37.8 Å². The molecule has 3 nitrogen and oxygen atoms in total. The minimum atomic E-state index is -0.247. The third-order valence-corrected chi connectivity index (χ3v) is 3.70. The molecule has 0 amide bonds. The number of benzene rings is 1. The molecule has 0 bridgehead atoms. The van der Waals surface area contributed by atoms with Gasteiger partial charge in [0, 0.05) is 5.92 Å². The van der Waals surface area contributed by atoms with Gasteiger partial charge in [0.1, 0.15) is 0 Å². The summed E-state index contributed by atoms with van der Waals surface area (Å²) in [5.74, 6) is 0.288. The van der Waals surface area contributed by atoms with Gasteiger partial charge in [0.05, 0.1) is 31.5 Å². The molecule has 3 heteroatoms. The molecule has 1 saturated carbocycles. The Kier molecular flexibility index (Phi) is 3.14. The zero-order valence-electron chi connectivity index (χ0n) is 9.79. The van der Waals surface area contributed by atoms with Crippen LogP contribution in [0.4, 0.5) is 0 Å². The van der Waals surface area contributed by atoms with Gasteiger partial charge in [-0.15, -0.1) is 0 Å². The highest BCUT2D eigenvalue weighted by molar-refractivity contribution is 5.13. The van der Waals surface area contributed by atoms with Crippen molar-refractivity contribution in [2.24, 2.45) is 5.92 Å². The van der Waals surface area contributed by atoms with Gasteiger partial charge in [-0.25, -0.2) is 0 Å². The lowest BCUT2D eigenvalue weighted by Gasteiger charge is -2.11. The summed E-state index contributed by atoms with van der Waals surface area (Å²) in [7, 11) is 0. The maximum atomic E-state index is 9.91. The molecule has 2 aliphatic rings. The first-order chi connectivity index (χ1) is 8.33. The largest absolute Gasteiger partial charge is 0.393 e. The maximum absolute atomic E-state index is 9.91. The molecule has 0 aromatic heterocycles. The van der Waals surface area contributed by atoms with Crippen molar-refractivity contribution in [1.82, 2.24) is 0 Å². The van der Waals surface area contributed by atoms with Gasteiger partial charge in [-0.3, -0.25) is 0 Å². The zero-order valence-corrected chi connectivity index (χ0v) is 9.79. The molecule has 1 aliphatic heterocycles. The number of aliphatic hydroxyl groups is 1. The van der Waals surface area contributed by atoms with Gasteiger partial charge >= 0.3 is 0 Å². The Bertz CT molecular complexity index is 361. The summed E-state index contributed by atoms with van der Waals surface area (Å²) in [6.07, 6.45) is 1.90. The summed E-state index contributed by atoms with van der Waals surface area (Å²) in [4.78, 5) is 0. The minimum Gasteiger partial charge on any atom is -0.393 e. The van der Waals surface area contributed by atoms with Crippen LogP contribution in [0.25, 0.3) is 0 Å². The van der Waals surface area contributed by atoms with Crippen LogP contribution in [-0.4, -0.2) is 30.0 Å². The molecule has 0 radical (unpaired) electrons. The molecule has 2 fully saturated rings. The Morgan fingerprint density at radius 1 is 1.24 bits per heavy atom. The zero-order chi connectivity index (χ0) is 11.7. The lowest BCUT2D eigenvalue weighted by Crippen LogP contribution is -2.18. The second kappa shape index (κ2) is 4.77. The van der Waals surface area contributed by atoms with Crippen LogP contribution < -0.4 is 0 Å². The molecule has 0 spiro atoms. The molecule has 1 heterocycles. The quantitative estimate of drug-likeness (QED) is 0.807. The van der Waals surface area contributed by atoms with Crippen LogP contribution in [0, 0.1) is 5.92 Å². The van der Waals surface area contributed by atoms with E-state index in [9.17, 15) is 5.11 Å². The van der Waals surface area contributed by atoms with Crippen molar-refractivity contribution >= 4 is 0 Å². The third-order valence-electron chi connectivity index (χ3n) is 3.70. The Morgan fingerprint density at radius 2 is 2.00 bits per heavy atom. The van der Waals surface area contributed by atoms with Gasteiger partial charge in [0.2, 0.25) is 0 Å². The Balaban J connectivity index is 1.50. The first-order valence-electron chi connectivity index (χ1n) is 6.28. The van der Waals surface area contributed by atoms with Gasteiger partial charge in [0.25, 0.3) is 0 Å². The van der Waals surface area contributed by atoms with E-state index in [-0.39, 0.29) is 24.2 Å². The predicted octanol–water partition coefficient (Wildman–Crippen LogP) is 1.74. The Hall–Kier alpha value is -0.900. The SMILES string of the molecule is OC1CC(OCc2ccccc2)CC1[C@H]1CO1. The summed E-state index contributed by atoms with van der Waals surface area (Å²) in [6, 6.07) is 10.2. The molecule has 3 rings (SSSR count). The van der Waals surface area contributed by atoms with Crippen molar-refractivity contribution in [3.63, 3.8) is 0 Å². The number of aliphatic hydroxyl groups excluding tert-OH is 1. The molecular formula is C14H18O3. The number of rotatable bonds is 4. The van der Waals surface area contributed by atoms with E-state index in [0.29, 0.717) is 6.61 Å². The van der Waals surface area contributed by atoms with E-state index in [2.05, 4.69) is 12.1 Å². The van der Waals surface area contributed by atoms with Gasteiger partial charge in [-0.1, -0.05) is 30.3 Å². The van der Waals surface area contributed by atoms with Crippen LogP contribution in [0.1, 0.15) is 18.4 Å². The van der Waals surface area contributed by atoms with Gasteiger partial charge < -0.3 is 14.6 Å². The smallest absolute Gasteiger partial charge is 0.0863 e.